The molecule has 26 heavy (non-hydrogen) atoms. The van der Waals surface area contributed by atoms with Crippen LogP contribution in [0.15, 0.2) is 44.4 Å². The van der Waals surface area contributed by atoms with Gasteiger partial charge >= 0.3 is 5.97 Å². The van der Waals surface area contributed by atoms with E-state index in [4.69, 9.17) is 4.74 Å². The van der Waals surface area contributed by atoms with E-state index >= 15 is 0 Å². The number of carbonyl (C=O) groups excluding carboxylic acids is 1. The Hall–Kier alpha value is -1.26. The van der Waals surface area contributed by atoms with Gasteiger partial charge in [0.25, 0.3) is 0 Å². The number of esters is 1. The van der Waals surface area contributed by atoms with Crippen molar-refractivity contribution in [1.29, 1.82) is 0 Å². The normalized spacial score (nSPS) is 13.0. The average Bonchev–Trinajstić information content (AvgIpc) is 3.08. The van der Waals surface area contributed by atoms with E-state index in [0.717, 1.165) is 5.56 Å². The Morgan fingerprint density at radius 3 is 2.62 bits per heavy atom. The molecule has 0 radical (unpaired) electrons. The van der Waals surface area contributed by atoms with E-state index in [9.17, 15) is 13.2 Å². The summed E-state index contributed by atoms with van der Waals surface area (Å²) in [5, 5.41) is 3.97. The number of benzene rings is 1. The van der Waals surface area contributed by atoms with Crippen LogP contribution in [0.5, 0.6) is 0 Å². The minimum Gasteiger partial charge on any atom is -0.462 e. The van der Waals surface area contributed by atoms with Crippen LogP contribution in [0.4, 0.5) is 0 Å². The van der Waals surface area contributed by atoms with Gasteiger partial charge in [-0.25, -0.2) is 17.9 Å². The third kappa shape index (κ3) is 5.14. The first-order valence-electron chi connectivity index (χ1n) is 7.91. The summed E-state index contributed by atoms with van der Waals surface area (Å²) >= 11 is 4.81. The monoisotopic (exact) mass is 460 g/mol. The standard InChI is InChI=1S/C17H21BrN2O4S2/c1-4-24-17(21)12-5-6-16(14(18)9-12)26(22,23)19-10-15(20(2)3)13-7-8-25-11-13/h5-9,11,15,19H,4,10H2,1-3H3/t15-/m1/s1. The van der Waals surface area contributed by atoms with Gasteiger partial charge in [-0.1, -0.05) is 0 Å². The fourth-order valence-electron chi connectivity index (χ4n) is 2.39. The molecule has 0 aliphatic heterocycles. The number of hydrogen-bond acceptors (Lipinski definition) is 6. The van der Waals surface area contributed by atoms with E-state index in [2.05, 4.69) is 20.7 Å². The van der Waals surface area contributed by atoms with Gasteiger partial charge in [0.2, 0.25) is 10.0 Å². The van der Waals surface area contributed by atoms with Crippen molar-refractivity contribution in [1.82, 2.24) is 9.62 Å². The molecule has 2 aromatic rings. The minimum atomic E-state index is -3.74. The third-order valence-corrected chi connectivity index (χ3v) is 6.85. The molecule has 1 aromatic heterocycles. The quantitative estimate of drug-likeness (QED) is 0.611. The molecule has 1 N–H and O–H groups in total. The minimum absolute atomic E-state index is 0.0754. The molecule has 0 saturated heterocycles. The summed E-state index contributed by atoms with van der Waals surface area (Å²) < 4.78 is 33.3. The van der Waals surface area contributed by atoms with Crippen LogP contribution in [0.3, 0.4) is 0 Å². The highest BCUT2D eigenvalue weighted by molar-refractivity contribution is 9.10. The molecule has 0 saturated carbocycles. The second-order valence-corrected chi connectivity index (χ2v) is 9.12. The molecule has 2 rings (SSSR count). The zero-order valence-corrected chi connectivity index (χ0v) is 17.9. The Labute approximate surface area is 166 Å². The summed E-state index contributed by atoms with van der Waals surface area (Å²) in [4.78, 5) is 13.8. The molecule has 0 amide bonds. The Morgan fingerprint density at radius 2 is 2.08 bits per heavy atom. The summed E-state index contributed by atoms with van der Waals surface area (Å²) in [5.41, 5.74) is 1.35. The number of thiophene rings is 1. The van der Waals surface area contributed by atoms with E-state index in [0.29, 0.717) is 10.0 Å². The molecule has 0 fully saturated rings. The van der Waals surface area contributed by atoms with Gasteiger partial charge in [0, 0.05) is 17.1 Å². The van der Waals surface area contributed by atoms with Gasteiger partial charge in [0.05, 0.1) is 17.1 Å². The van der Waals surface area contributed by atoms with Gasteiger partial charge in [-0.3, -0.25) is 0 Å². The molecule has 0 aliphatic carbocycles. The van der Waals surface area contributed by atoms with Gasteiger partial charge in [-0.05, 0) is 77.5 Å². The van der Waals surface area contributed by atoms with Crippen LogP contribution in [0.1, 0.15) is 28.9 Å². The third-order valence-electron chi connectivity index (χ3n) is 3.75. The summed E-state index contributed by atoms with van der Waals surface area (Å²) in [6, 6.07) is 6.20. The molecule has 1 heterocycles. The molecule has 1 aromatic carbocycles. The van der Waals surface area contributed by atoms with E-state index in [1.54, 1.807) is 18.3 Å². The molecular formula is C17H21BrN2O4S2. The van der Waals surface area contributed by atoms with Crippen molar-refractivity contribution >= 4 is 43.3 Å². The van der Waals surface area contributed by atoms with Crippen molar-refractivity contribution in [3.63, 3.8) is 0 Å². The lowest BCUT2D eigenvalue weighted by Crippen LogP contribution is -2.34. The number of carbonyl (C=O) groups is 1. The zero-order chi connectivity index (χ0) is 19.3. The van der Waals surface area contributed by atoms with Crippen molar-refractivity contribution in [2.75, 3.05) is 27.2 Å². The molecule has 0 aliphatic rings. The summed E-state index contributed by atoms with van der Waals surface area (Å²) in [7, 11) is 0.0693. The Bertz CT molecular complexity index is 852. The van der Waals surface area contributed by atoms with Crippen LogP contribution in [0.25, 0.3) is 0 Å². The van der Waals surface area contributed by atoms with Crippen molar-refractivity contribution in [3.8, 4) is 0 Å². The predicted molar refractivity (Wildman–Crippen MR) is 106 cm³/mol. The highest BCUT2D eigenvalue weighted by atomic mass is 79.9. The van der Waals surface area contributed by atoms with Gasteiger partial charge in [-0.15, -0.1) is 0 Å². The number of nitrogens with one attached hydrogen (secondary N) is 1. The van der Waals surface area contributed by atoms with Crippen LogP contribution >= 0.6 is 27.3 Å². The molecule has 9 heteroatoms. The van der Waals surface area contributed by atoms with Crippen LogP contribution in [-0.2, 0) is 14.8 Å². The van der Waals surface area contributed by atoms with Crippen molar-refractivity contribution in [2.24, 2.45) is 0 Å². The lowest BCUT2D eigenvalue weighted by atomic mass is 10.1. The maximum Gasteiger partial charge on any atom is 0.338 e. The molecule has 0 spiro atoms. The number of halogens is 1. The van der Waals surface area contributed by atoms with E-state index < -0.39 is 16.0 Å². The van der Waals surface area contributed by atoms with E-state index in [-0.39, 0.29) is 24.1 Å². The van der Waals surface area contributed by atoms with E-state index in [1.807, 2.05) is 35.8 Å². The maximum atomic E-state index is 12.7. The first kappa shape index (κ1) is 21.0. The van der Waals surface area contributed by atoms with E-state index in [1.165, 1.54) is 18.2 Å². The smallest absolute Gasteiger partial charge is 0.338 e. The lowest BCUT2D eigenvalue weighted by molar-refractivity contribution is 0.0526. The second kappa shape index (κ2) is 9.09. The van der Waals surface area contributed by atoms with Gasteiger partial charge in [0.15, 0.2) is 0 Å². The number of hydrogen-bond donors (Lipinski definition) is 1. The largest absolute Gasteiger partial charge is 0.462 e. The Balaban J connectivity index is 2.18. The van der Waals surface area contributed by atoms with Crippen molar-refractivity contribution < 1.29 is 17.9 Å². The number of rotatable bonds is 8. The summed E-state index contributed by atoms with van der Waals surface area (Å²) in [6.07, 6.45) is 0. The first-order valence-corrected chi connectivity index (χ1v) is 11.1. The molecule has 1 atom stereocenters. The number of ether oxygens (including phenoxy) is 1. The molecule has 6 nitrogen and oxygen atoms in total. The summed E-state index contributed by atoms with van der Waals surface area (Å²) in [5.74, 6) is -0.491. The highest BCUT2D eigenvalue weighted by Crippen LogP contribution is 2.25. The molecule has 0 bridgehead atoms. The van der Waals surface area contributed by atoms with Crippen LogP contribution in [0.2, 0.25) is 0 Å². The number of likely N-dealkylation sites (N-methyl/N-ethyl adjacent to an activating group) is 1. The van der Waals surface area contributed by atoms with Crippen LogP contribution < -0.4 is 4.72 Å². The van der Waals surface area contributed by atoms with Crippen molar-refractivity contribution in [2.45, 2.75) is 17.9 Å². The summed E-state index contributed by atoms with van der Waals surface area (Å²) in [6.45, 7) is 2.20. The predicted octanol–water partition coefficient (Wildman–Crippen LogP) is 3.27. The number of sulfonamides is 1. The van der Waals surface area contributed by atoms with Crippen molar-refractivity contribution in [3.05, 3.63) is 50.6 Å². The SMILES string of the molecule is CCOC(=O)c1ccc(S(=O)(=O)NC[C@H](c2ccsc2)N(C)C)c(Br)c1. The first-order chi connectivity index (χ1) is 12.3. The number of nitrogens with zero attached hydrogens (tertiary/aromatic N) is 1. The molecule has 142 valence electrons. The van der Waals surface area contributed by atoms with Gasteiger partial charge < -0.3 is 9.64 Å². The Morgan fingerprint density at radius 1 is 1.35 bits per heavy atom. The van der Waals surface area contributed by atoms with Crippen LogP contribution in [0, 0.1) is 0 Å². The average molecular weight is 461 g/mol. The fourth-order valence-corrected chi connectivity index (χ4v) is 5.21. The van der Waals surface area contributed by atoms with Gasteiger partial charge in [0.1, 0.15) is 0 Å². The maximum absolute atomic E-state index is 12.7. The lowest BCUT2D eigenvalue weighted by Gasteiger charge is -2.24. The molecular weight excluding hydrogens is 440 g/mol. The molecule has 0 unspecified atom stereocenters. The zero-order valence-electron chi connectivity index (χ0n) is 14.7. The second-order valence-electron chi connectivity index (χ2n) is 5.75. The highest BCUT2D eigenvalue weighted by Gasteiger charge is 2.22. The fraction of sp³-hybridized carbons (Fsp3) is 0.353. The topological polar surface area (TPSA) is 75.7 Å². The van der Waals surface area contributed by atoms with Gasteiger partial charge in [-0.2, -0.15) is 11.3 Å². The Kier molecular flexibility index (Phi) is 7.36. The van der Waals surface area contributed by atoms with Crippen LogP contribution in [-0.4, -0.2) is 46.5 Å².